The van der Waals surface area contributed by atoms with Crippen LogP contribution in [0.1, 0.15) is 82.4 Å². The summed E-state index contributed by atoms with van der Waals surface area (Å²) < 4.78 is 36.9. The molecule has 0 bridgehead atoms. The highest BCUT2D eigenvalue weighted by atomic mass is 16.6. The third-order valence-corrected chi connectivity index (χ3v) is 9.20. The Morgan fingerprint density at radius 2 is 0.903 bits per heavy atom. The fourth-order valence-electron chi connectivity index (χ4n) is 6.01. The van der Waals surface area contributed by atoms with Gasteiger partial charge in [-0.05, 0) is 127 Å². The smallest absolute Gasteiger partial charge is 0.343 e. The number of esters is 7. The zero-order chi connectivity index (χ0) is 44.4. The van der Waals surface area contributed by atoms with Crippen LogP contribution in [-0.2, 0) is 33.4 Å². The summed E-state index contributed by atoms with van der Waals surface area (Å²) in [7, 11) is 1.16. The van der Waals surface area contributed by atoms with Crippen LogP contribution in [0.15, 0.2) is 116 Å². The molecule has 0 amide bonds. The summed E-state index contributed by atoms with van der Waals surface area (Å²) in [5, 5.41) is 2.74. The van der Waals surface area contributed by atoms with E-state index in [1.165, 1.54) is 24.3 Å². The van der Waals surface area contributed by atoms with E-state index in [-0.39, 0.29) is 54.2 Å². The third kappa shape index (κ3) is 13.5. The first-order chi connectivity index (χ1) is 30.0. The van der Waals surface area contributed by atoms with Crippen molar-refractivity contribution < 1.29 is 66.7 Å². The Morgan fingerprint density at radius 3 is 1.39 bits per heavy atom. The zero-order valence-corrected chi connectivity index (χ0v) is 34.0. The fourth-order valence-corrected chi connectivity index (χ4v) is 6.01. The van der Waals surface area contributed by atoms with Gasteiger partial charge in [0.05, 0.1) is 31.5 Å². The molecule has 0 aliphatic rings. The Bertz CT molecular complexity index is 2500. The van der Waals surface area contributed by atoms with Crippen molar-refractivity contribution in [3.8, 4) is 23.0 Å². The molecule has 5 aromatic carbocycles. The van der Waals surface area contributed by atoms with Gasteiger partial charge in [0.25, 0.3) is 0 Å². The highest BCUT2D eigenvalue weighted by molar-refractivity contribution is 6.00. The molecule has 14 nitrogen and oxygen atoms in total. The molecule has 0 unspecified atom stereocenters. The van der Waals surface area contributed by atoms with Crippen molar-refractivity contribution in [1.29, 1.82) is 0 Å². The molecule has 0 aromatic heterocycles. The highest BCUT2D eigenvalue weighted by Crippen LogP contribution is 2.29. The van der Waals surface area contributed by atoms with Gasteiger partial charge in [-0.3, -0.25) is 9.59 Å². The van der Waals surface area contributed by atoms with Crippen molar-refractivity contribution in [2.24, 2.45) is 0 Å². The van der Waals surface area contributed by atoms with E-state index in [0.29, 0.717) is 71.6 Å². The lowest BCUT2D eigenvalue weighted by molar-refractivity contribution is -0.138. The van der Waals surface area contributed by atoms with E-state index in [1.54, 1.807) is 66.7 Å². The molecule has 0 radical (unpaired) electrons. The number of methoxy groups -OCH3 is 1. The molecule has 62 heavy (non-hydrogen) atoms. The van der Waals surface area contributed by atoms with Crippen LogP contribution in [-0.4, -0.2) is 62.1 Å². The summed E-state index contributed by atoms with van der Waals surface area (Å²) in [6.45, 7) is 7.18. The Kier molecular flexibility index (Phi) is 16.6. The largest absolute Gasteiger partial charge is 0.465 e. The predicted molar refractivity (Wildman–Crippen MR) is 226 cm³/mol. The minimum Gasteiger partial charge on any atom is -0.465 e. The molecular weight excluding hydrogens is 801 g/mol. The summed E-state index contributed by atoms with van der Waals surface area (Å²) in [4.78, 5) is 86.2. The molecule has 0 saturated carbocycles. The van der Waals surface area contributed by atoms with Crippen LogP contribution in [0.3, 0.4) is 0 Å². The molecule has 5 rings (SSSR count). The fraction of sp³-hybridized carbons (Fsp3) is 0.229. The maximum Gasteiger partial charge on any atom is 0.343 e. The van der Waals surface area contributed by atoms with Gasteiger partial charge in [-0.1, -0.05) is 37.4 Å². The van der Waals surface area contributed by atoms with Gasteiger partial charge < -0.3 is 33.2 Å². The molecule has 320 valence electrons. The van der Waals surface area contributed by atoms with Crippen LogP contribution in [0.5, 0.6) is 23.0 Å². The van der Waals surface area contributed by atoms with Crippen molar-refractivity contribution in [3.63, 3.8) is 0 Å². The van der Waals surface area contributed by atoms with Crippen LogP contribution in [0, 0.1) is 0 Å². The standard InChI is InChI=1S/C48H44O14/c1-4-42(49)57-24-10-6-8-12-44(51)59-37-20-18-31-26-35(16-14-33(31)28-37)46(53)61-39-22-23-41(40(30-39)48(55)56-3)62-47(54)36-17-15-34-29-38(21-19-32(34)27-36)60-45(52)13-9-7-11-25-58-43(50)5-2/h4-5,14-23,26-30H,1-2,6-13,24-25H2,3H3. The molecule has 0 spiro atoms. The molecule has 0 aliphatic heterocycles. The molecule has 14 heteroatoms. The predicted octanol–water partition coefficient (Wildman–Crippen LogP) is 8.61. The third-order valence-electron chi connectivity index (χ3n) is 9.20. The number of hydrogen-bond donors (Lipinski definition) is 0. The second kappa shape index (κ2) is 22.7. The summed E-state index contributed by atoms with van der Waals surface area (Å²) in [6.07, 6.45) is 6.29. The Balaban J connectivity index is 1.15. The molecule has 5 aromatic rings. The average molecular weight is 845 g/mol. The first kappa shape index (κ1) is 45.5. The minimum atomic E-state index is -0.839. The molecule has 0 heterocycles. The summed E-state index contributed by atoms with van der Waals surface area (Å²) in [5.41, 5.74) is 0.214. The van der Waals surface area contributed by atoms with Crippen LogP contribution in [0.25, 0.3) is 21.5 Å². The Hall–Kier alpha value is -7.61. The van der Waals surface area contributed by atoms with Gasteiger partial charge in [-0.25, -0.2) is 24.0 Å². The number of benzene rings is 5. The van der Waals surface area contributed by atoms with Gasteiger partial charge in [0.2, 0.25) is 0 Å². The SMILES string of the molecule is C=CC(=O)OCCCCCC(=O)Oc1ccc2cc(C(=O)Oc3ccc(OC(=O)c4ccc5cc(OC(=O)CCCCCOC(=O)C=C)ccc5c4)c(C(=O)OC)c3)ccc2c1. The first-order valence-electron chi connectivity index (χ1n) is 19.7. The Labute approximate surface area is 356 Å². The minimum absolute atomic E-state index is 0.0101. The van der Waals surface area contributed by atoms with Crippen LogP contribution in [0.4, 0.5) is 0 Å². The number of carbonyl (C=O) groups is 7. The van der Waals surface area contributed by atoms with E-state index in [2.05, 4.69) is 13.2 Å². The van der Waals surface area contributed by atoms with Crippen LogP contribution >= 0.6 is 0 Å². The van der Waals surface area contributed by atoms with Gasteiger partial charge in [0.15, 0.2) is 0 Å². The van der Waals surface area contributed by atoms with Crippen molar-refractivity contribution in [2.45, 2.75) is 51.4 Å². The monoisotopic (exact) mass is 844 g/mol. The molecule has 0 saturated heterocycles. The quantitative estimate of drug-likeness (QED) is 0.0225. The van der Waals surface area contributed by atoms with Crippen LogP contribution in [0.2, 0.25) is 0 Å². The number of rotatable bonds is 21. The van der Waals surface area contributed by atoms with Crippen molar-refractivity contribution >= 4 is 63.3 Å². The van der Waals surface area contributed by atoms with Crippen molar-refractivity contribution in [1.82, 2.24) is 0 Å². The Morgan fingerprint density at radius 1 is 0.468 bits per heavy atom. The van der Waals surface area contributed by atoms with Crippen molar-refractivity contribution in [3.05, 3.63) is 133 Å². The van der Waals surface area contributed by atoms with E-state index in [9.17, 15) is 33.6 Å². The topological polar surface area (TPSA) is 184 Å². The zero-order valence-electron chi connectivity index (χ0n) is 34.0. The average Bonchev–Trinajstić information content (AvgIpc) is 3.28. The lowest BCUT2D eigenvalue weighted by Crippen LogP contribution is -2.13. The molecule has 0 atom stereocenters. The highest BCUT2D eigenvalue weighted by Gasteiger charge is 2.21. The number of carbonyl (C=O) groups excluding carboxylic acids is 7. The van der Waals surface area contributed by atoms with E-state index >= 15 is 0 Å². The summed E-state index contributed by atoms with van der Waals surface area (Å²) >= 11 is 0. The molecular formula is C48H44O14. The molecule has 0 N–H and O–H groups in total. The number of ether oxygens (including phenoxy) is 7. The van der Waals surface area contributed by atoms with Crippen LogP contribution < -0.4 is 18.9 Å². The molecule has 0 fully saturated rings. The van der Waals surface area contributed by atoms with E-state index in [0.717, 1.165) is 19.3 Å². The maximum atomic E-state index is 13.3. The number of hydrogen-bond acceptors (Lipinski definition) is 14. The second-order valence-electron chi connectivity index (χ2n) is 13.7. The van der Waals surface area contributed by atoms with Crippen molar-refractivity contribution in [2.75, 3.05) is 20.3 Å². The number of fused-ring (bicyclic) bond motifs is 2. The van der Waals surface area contributed by atoms with E-state index in [4.69, 9.17) is 33.2 Å². The van der Waals surface area contributed by atoms with E-state index in [1.807, 2.05) is 0 Å². The number of unbranched alkanes of at least 4 members (excludes halogenated alkanes) is 4. The van der Waals surface area contributed by atoms with Gasteiger partial charge >= 0.3 is 41.8 Å². The summed E-state index contributed by atoms with van der Waals surface area (Å²) in [5.74, 6) is -3.58. The molecule has 0 aliphatic carbocycles. The normalized spacial score (nSPS) is 10.6. The summed E-state index contributed by atoms with van der Waals surface area (Å²) in [6, 6.07) is 23.5. The lowest BCUT2D eigenvalue weighted by atomic mass is 10.1. The van der Waals surface area contributed by atoms with Gasteiger partial charge in [-0.15, -0.1) is 0 Å². The lowest BCUT2D eigenvalue weighted by Gasteiger charge is -2.12. The van der Waals surface area contributed by atoms with E-state index < -0.39 is 41.8 Å². The van der Waals surface area contributed by atoms with Gasteiger partial charge in [0, 0.05) is 25.0 Å². The second-order valence-corrected chi connectivity index (χ2v) is 13.7. The first-order valence-corrected chi connectivity index (χ1v) is 19.7. The van der Waals surface area contributed by atoms with Gasteiger partial charge in [0.1, 0.15) is 28.6 Å². The maximum absolute atomic E-state index is 13.3. The van der Waals surface area contributed by atoms with Gasteiger partial charge in [-0.2, -0.15) is 0 Å².